The molecule has 0 saturated carbocycles. The fraction of sp³-hybridized carbons (Fsp3) is 0.353. The van der Waals surface area contributed by atoms with Gasteiger partial charge in [-0.3, -0.25) is 10.2 Å². The predicted octanol–water partition coefficient (Wildman–Crippen LogP) is 3.45. The molecule has 0 aliphatic carbocycles. The maximum absolute atomic E-state index is 11.7. The van der Waals surface area contributed by atoms with E-state index in [1.54, 1.807) is 6.21 Å². The number of rotatable bonds is 8. The van der Waals surface area contributed by atoms with Gasteiger partial charge in [0.15, 0.2) is 0 Å². The van der Waals surface area contributed by atoms with Crippen molar-refractivity contribution in [2.45, 2.75) is 26.2 Å². The molecule has 6 nitrogen and oxygen atoms in total. The number of hydrazone groups is 1. The first-order chi connectivity index (χ1) is 11.6. The van der Waals surface area contributed by atoms with E-state index in [2.05, 4.69) is 22.5 Å². The summed E-state index contributed by atoms with van der Waals surface area (Å²) >= 11 is 5.95. The third-order valence-electron chi connectivity index (χ3n) is 3.37. The van der Waals surface area contributed by atoms with Gasteiger partial charge in [0.1, 0.15) is 16.5 Å². The van der Waals surface area contributed by atoms with Crippen LogP contribution in [0.5, 0.6) is 5.75 Å². The van der Waals surface area contributed by atoms with Crippen molar-refractivity contribution < 1.29 is 4.74 Å². The first kappa shape index (κ1) is 18.0. The van der Waals surface area contributed by atoms with Gasteiger partial charge in [-0.15, -0.1) is 0 Å². The van der Waals surface area contributed by atoms with E-state index < -0.39 is 0 Å². The molecule has 7 heteroatoms. The van der Waals surface area contributed by atoms with Gasteiger partial charge >= 0.3 is 0 Å². The van der Waals surface area contributed by atoms with E-state index in [1.807, 2.05) is 24.3 Å². The lowest BCUT2D eigenvalue weighted by molar-refractivity contribution is 0.306. The van der Waals surface area contributed by atoms with Crippen LogP contribution >= 0.6 is 11.6 Å². The summed E-state index contributed by atoms with van der Waals surface area (Å²) in [5.74, 6) is 0.843. The predicted molar refractivity (Wildman–Crippen MR) is 97.2 cm³/mol. The zero-order valence-electron chi connectivity index (χ0n) is 13.8. The number of halogens is 1. The molecule has 1 heterocycles. The third-order valence-corrected chi connectivity index (χ3v) is 3.74. The van der Waals surface area contributed by atoms with E-state index in [-0.39, 0.29) is 10.6 Å². The quantitative estimate of drug-likeness (QED) is 0.450. The Bertz CT molecular complexity index is 741. The van der Waals surface area contributed by atoms with Gasteiger partial charge in [-0.2, -0.15) is 10.2 Å². The van der Waals surface area contributed by atoms with E-state index >= 15 is 0 Å². The Morgan fingerprint density at radius 2 is 2.08 bits per heavy atom. The molecule has 0 fully saturated rings. The molecule has 2 rings (SSSR count). The number of aryl methyl sites for hydroxylation is 1. The van der Waals surface area contributed by atoms with Crippen LogP contribution in [0.2, 0.25) is 5.02 Å². The highest BCUT2D eigenvalue weighted by Gasteiger charge is 2.05. The fourth-order valence-electron chi connectivity index (χ4n) is 1.96. The van der Waals surface area contributed by atoms with Gasteiger partial charge < -0.3 is 4.74 Å². The standard InChI is InChI=1S/C17H21ClN4O2/c1-3-4-5-10-24-14-8-6-13(7-9-14)11-19-21-15-12-20-22(2)17(23)16(15)18/h6-9,11-12,21H,3-5,10H2,1-2H3/b19-11-. The second kappa shape index (κ2) is 9.08. The van der Waals surface area contributed by atoms with Gasteiger partial charge in [0, 0.05) is 7.05 Å². The van der Waals surface area contributed by atoms with E-state index in [1.165, 1.54) is 26.1 Å². The highest BCUT2D eigenvalue weighted by Crippen LogP contribution is 2.15. The molecule has 128 valence electrons. The fourth-order valence-corrected chi connectivity index (χ4v) is 2.17. The lowest BCUT2D eigenvalue weighted by Crippen LogP contribution is -2.20. The number of hydrogen-bond acceptors (Lipinski definition) is 5. The summed E-state index contributed by atoms with van der Waals surface area (Å²) in [5.41, 5.74) is 3.62. The molecular weight excluding hydrogens is 328 g/mol. The van der Waals surface area contributed by atoms with Gasteiger partial charge in [0.05, 0.1) is 19.0 Å². The van der Waals surface area contributed by atoms with E-state index in [0.29, 0.717) is 5.69 Å². The minimum absolute atomic E-state index is 0.0560. The summed E-state index contributed by atoms with van der Waals surface area (Å²) in [4.78, 5) is 11.7. The first-order valence-corrected chi connectivity index (χ1v) is 8.23. The summed E-state index contributed by atoms with van der Waals surface area (Å²) in [6, 6.07) is 7.62. The highest BCUT2D eigenvalue weighted by molar-refractivity contribution is 6.32. The van der Waals surface area contributed by atoms with E-state index in [4.69, 9.17) is 16.3 Å². The summed E-state index contributed by atoms with van der Waals surface area (Å²) in [6.45, 7) is 2.90. The van der Waals surface area contributed by atoms with Crippen LogP contribution in [0.1, 0.15) is 31.7 Å². The lowest BCUT2D eigenvalue weighted by atomic mass is 10.2. The first-order valence-electron chi connectivity index (χ1n) is 7.85. The summed E-state index contributed by atoms with van der Waals surface area (Å²) in [6.07, 6.45) is 6.51. The highest BCUT2D eigenvalue weighted by atomic mass is 35.5. The van der Waals surface area contributed by atoms with Crippen molar-refractivity contribution >= 4 is 23.5 Å². The topological polar surface area (TPSA) is 68.5 Å². The molecule has 0 bridgehead atoms. The normalized spacial score (nSPS) is 11.0. The van der Waals surface area contributed by atoms with Crippen molar-refractivity contribution in [2.24, 2.45) is 12.1 Å². The second-order valence-corrected chi connectivity index (χ2v) is 5.67. The Balaban J connectivity index is 1.90. The van der Waals surface area contributed by atoms with Crippen LogP contribution in [-0.2, 0) is 7.05 Å². The Kier molecular flexibility index (Phi) is 6.81. The molecular formula is C17H21ClN4O2. The second-order valence-electron chi connectivity index (χ2n) is 5.30. The largest absolute Gasteiger partial charge is 0.494 e. The van der Waals surface area contributed by atoms with Crippen molar-refractivity contribution in [1.82, 2.24) is 9.78 Å². The zero-order valence-corrected chi connectivity index (χ0v) is 14.6. The average Bonchev–Trinajstić information content (AvgIpc) is 2.60. The summed E-state index contributed by atoms with van der Waals surface area (Å²) in [5, 5.41) is 8.01. The molecule has 0 radical (unpaired) electrons. The molecule has 24 heavy (non-hydrogen) atoms. The molecule has 0 spiro atoms. The van der Waals surface area contributed by atoms with E-state index in [0.717, 1.165) is 29.0 Å². The van der Waals surface area contributed by atoms with Crippen LogP contribution in [0.3, 0.4) is 0 Å². The number of ether oxygens (including phenoxy) is 1. The Morgan fingerprint density at radius 3 is 2.79 bits per heavy atom. The molecule has 0 atom stereocenters. The van der Waals surface area contributed by atoms with Crippen LogP contribution in [0.4, 0.5) is 5.69 Å². The van der Waals surface area contributed by atoms with Crippen LogP contribution in [-0.4, -0.2) is 22.6 Å². The number of benzene rings is 1. The van der Waals surface area contributed by atoms with Crippen LogP contribution in [0, 0.1) is 0 Å². The molecule has 1 N–H and O–H groups in total. The molecule has 1 aromatic carbocycles. The number of nitrogens with zero attached hydrogens (tertiary/aromatic N) is 3. The number of unbranched alkanes of at least 4 members (excludes halogenated alkanes) is 2. The number of hydrogen-bond donors (Lipinski definition) is 1. The minimum atomic E-state index is -0.374. The third kappa shape index (κ3) is 5.09. The summed E-state index contributed by atoms with van der Waals surface area (Å²) < 4.78 is 6.82. The SMILES string of the molecule is CCCCCOc1ccc(/C=N\Nc2cnn(C)c(=O)c2Cl)cc1. The van der Waals surface area contributed by atoms with Gasteiger partial charge in [-0.1, -0.05) is 31.4 Å². The van der Waals surface area contributed by atoms with Crippen LogP contribution in [0.15, 0.2) is 40.4 Å². The maximum atomic E-state index is 11.7. The molecule has 2 aromatic rings. The van der Waals surface area contributed by atoms with Crippen molar-refractivity contribution in [3.8, 4) is 5.75 Å². The molecule has 1 aromatic heterocycles. The van der Waals surface area contributed by atoms with Crippen molar-refractivity contribution in [1.29, 1.82) is 0 Å². The minimum Gasteiger partial charge on any atom is -0.494 e. The molecule has 0 saturated heterocycles. The molecule has 0 unspecified atom stereocenters. The van der Waals surface area contributed by atoms with Gasteiger partial charge in [0.25, 0.3) is 5.56 Å². The Morgan fingerprint density at radius 1 is 1.33 bits per heavy atom. The van der Waals surface area contributed by atoms with Crippen molar-refractivity contribution in [3.05, 3.63) is 51.4 Å². The Labute approximate surface area is 146 Å². The maximum Gasteiger partial charge on any atom is 0.287 e. The summed E-state index contributed by atoms with van der Waals surface area (Å²) in [7, 11) is 1.53. The van der Waals surface area contributed by atoms with Gasteiger partial charge in [-0.05, 0) is 36.2 Å². The number of nitrogens with one attached hydrogen (secondary N) is 1. The van der Waals surface area contributed by atoms with Crippen molar-refractivity contribution in [2.75, 3.05) is 12.0 Å². The molecule has 0 aliphatic rings. The number of aromatic nitrogens is 2. The lowest BCUT2D eigenvalue weighted by Gasteiger charge is -2.06. The zero-order chi connectivity index (χ0) is 17.4. The van der Waals surface area contributed by atoms with Crippen LogP contribution in [0.25, 0.3) is 0 Å². The molecule has 0 aliphatic heterocycles. The average molecular weight is 349 g/mol. The van der Waals surface area contributed by atoms with Gasteiger partial charge in [-0.25, -0.2) is 4.68 Å². The van der Waals surface area contributed by atoms with Gasteiger partial charge in [0.2, 0.25) is 0 Å². The van der Waals surface area contributed by atoms with Crippen molar-refractivity contribution in [3.63, 3.8) is 0 Å². The molecule has 0 amide bonds. The van der Waals surface area contributed by atoms with Crippen LogP contribution < -0.4 is 15.7 Å². The number of anilines is 1. The van der Waals surface area contributed by atoms with E-state index in [9.17, 15) is 4.79 Å². The monoisotopic (exact) mass is 348 g/mol. The smallest absolute Gasteiger partial charge is 0.287 e. The Hall–Kier alpha value is -2.34.